The molecule has 0 saturated carbocycles. The van der Waals surface area contributed by atoms with Crippen molar-refractivity contribution in [2.45, 2.75) is 107 Å². The van der Waals surface area contributed by atoms with Gasteiger partial charge in [0.1, 0.15) is 154 Å². The summed E-state index contributed by atoms with van der Waals surface area (Å²) in [5.74, 6) is -4.72. The Labute approximate surface area is 819 Å². The second-order valence-electron chi connectivity index (χ2n) is 31.3. The Hall–Kier alpha value is -16.8. The number of carbonyl (C=O) groups excluding carboxylic acids is 8. The number of Topliss-reactive ketones (excluding diaryl/α,β-unsaturated/α-hetero) is 4. The third-order valence-electron chi connectivity index (χ3n) is 20.5. The van der Waals surface area contributed by atoms with Crippen LogP contribution in [0.25, 0.3) is 18.2 Å². The van der Waals surface area contributed by atoms with Crippen molar-refractivity contribution in [2.75, 3.05) is 48.6 Å². The number of methoxy groups -OCH3 is 5. The van der Waals surface area contributed by atoms with Gasteiger partial charge in [-0.2, -0.15) is 0 Å². The number of phenols is 14. The highest BCUT2D eigenvalue weighted by atomic mass is 16.5. The van der Waals surface area contributed by atoms with Crippen molar-refractivity contribution in [2.24, 2.45) is 0 Å². The highest BCUT2D eigenvalue weighted by molar-refractivity contribution is 6.12. The van der Waals surface area contributed by atoms with Crippen LogP contribution >= 0.6 is 0 Å². The largest absolute Gasteiger partial charge is 0.508 e. The van der Waals surface area contributed by atoms with E-state index in [-0.39, 0.29) is 187 Å². The fraction of sp³-hybridized carbons (Fsp3) is 0.211. The van der Waals surface area contributed by atoms with Crippen LogP contribution in [0.4, 0.5) is 0 Å². The maximum Gasteiger partial charge on any atom is 0.193 e. The number of rotatable bonds is 26. The number of aryl methyl sites for hydroxylation is 3. The van der Waals surface area contributed by atoms with E-state index in [4.69, 9.17) is 90.1 Å². The molecule has 33 heteroatoms. The molecule has 1 heterocycles. The Balaban J connectivity index is 0.000000289. The zero-order chi connectivity index (χ0) is 106. The van der Waals surface area contributed by atoms with Crippen molar-refractivity contribution in [3.63, 3.8) is 0 Å². The lowest BCUT2D eigenvalue weighted by Crippen LogP contribution is -2.29. The number of nitrogens with zero attached hydrogens (tertiary/aromatic N) is 1. The van der Waals surface area contributed by atoms with Crippen molar-refractivity contribution in [1.29, 1.82) is 0 Å². The number of benzene rings is 12. The molecule has 0 spiro atoms. The van der Waals surface area contributed by atoms with Gasteiger partial charge >= 0.3 is 0 Å². The quantitative estimate of drug-likeness (QED) is 0.0136. The molecule has 13 rings (SSSR count). The molecule has 0 amide bonds. The summed E-state index contributed by atoms with van der Waals surface area (Å²) in [5, 5.41) is 176. The summed E-state index contributed by atoms with van der Waals surface area (Å²) < 4.78 is 25.5. The molecule has 0 atom stereocenters. The number of phenolic OH excluding ortho intramolecular Hbond substituents is 14. The number of carbonyl (C=O) groups is 8. The third-order valence-corrected chi connectivity index (χ3v) is 20.5. The van der Waals surface area contributed by atoms with Gasteiger partial charge in [-0.25, -0.2) is 0 Å². The van der Waals surface area contributed by atoms with Crippen molar-refractivity contribution in [3.8, 4) is 109 Å². The van der Waals surface area contributed by atoms with E-state index in [0.29, 0.717) is 39.9 Å². The number of hydrogen-bond donors (Lipinski definition) is 19. The summed E-state index contributed by atoms with van der Waals surface area (Å²) in [6.45, 7) is 12.4. The van der Waals surface area contributed by atoms with Crippen molar-refractivity contribution < 1.29 is 159 Å². The molecule has 19 N–H and O–H groups in total. The van der Waals surface area contributed by atoms with Gasteiger partial charge in [-0.1, -0.05) is 144 Å². The van der Waals surface area contributed by atoms with Gasteiger partial charge in [0.05, 0.1) is 68.6 Å². The lowest BCUT2D eigenvalue weighted by molar-refractivity contribution is 0.0998. The molecule has 1 fully saturated rings. The van der Waals surface area contributed by atoms with E-state index in [0.717, 1.165) is 114 Å². The van der Waals surface area contributed by atoms with Gasteiger partial charge in [0.25, 0.3) is 0 Å². The fourth-order valence-corrected chi connectivity index (χ4v) is 13.5. The predicted molar refractivity (Wildman–Crippen MR) is 532 cm³/mol. The van der Waals surface area contributed by atoms with Gasteiger partial charge in [-0.05, 0) is 192 Å². The topological polar surface area (TPSA) is 570 Å². The molecule has 0 aromatic heterocycles. The number of hydrogen-bond acceptors (Lipinski definition) is 33. The highest BCUT2D eigenvalue weighted by Gasteiger charge is 2.26. The number of piperidine rings is 1. The molecule has 0 unspecified atom stereocenters. The van der Waals surface area contributed by atoms with E-state index in [1.807, 2.05) is 112 Å². The second-order valence-corrected chi connectivity index (χ2v) is 31.3. The lowest BCUT2D eigenvalue weighted by Gasteiger charge is -2.28. The monoisotopic (exact) mass is 1950 g/mol. The van der Waals surface area contributed by atoms with Crippen LogP contribution in [0.3, 0.4) is 0 Å². The maximum atomic E-state index is 12.9. The minimum atomic E-state index is -0.454. The normalized spacial score (nSPS) is 11.1. The average Bonchev–Trinajstić information content (AvgIpc) is 0.780. The van der Waals surface area contributed by atoms with Crippen molar-refractivity contribution in [1.82, 2.24) is 4.90 Å². The van der Waals surface area contributed by atoms with Crippen LogP contribution in [-0.2, 0) is 39.6 Å². The number of allylic oxidation sites excluding steroid dienone is 3. The van der Waals surface area contributed by atoms with Crippen LogP contribution < -0.4 is 23.7 Å². The minimum absolute atomic E-state index is 0.0862. The Morgan fingerprint density at radius 3 is 0.817 bits per heavy atom. The van der Waals surface area contributed by atoms with E-state index in [2.05, 4.69) is 4.90 Å². The van der Waals surface area contributed by atoms with E-state index < -0.39 is 34.6 Å². The van der Waals surface area contributed by atoms with Gasteiger partial charge in [-0.3, -0.25) is 43.3 Å². The first-order valence-electron chi connectivity index (χ1n) is 43.4. The number of aldehydes is 1. The summed E-state index contributed by atoms with van der Waals surface area (Å²) in [6, 6.07) is 53.0. The van der Waals surface area contributed by atoms with Crippen molar-refractivity contribution >= 4 is 65.0 Å². The summed E-state index contributed by atoms with van der Waals surface area (Å²) in [7, 11) is 7.10. The summed E-state index contributed by atoms with van der Waals surface area (Å²) >= 11 is 0. The maximum absolute atomic E-state index is 12.9. The number of aromatic hydroxyl groups is 14. The van der Waals surface area contributed by atoms with Gasteiger partial charge in [-0.15, -0.1) is 0 Å². The smallest absolute Gasteiger partial charge is 0.193 e. The molecular weight excluding hydrogens is 1840 g/mol. The summed E-state index contributed by atoms with van der Waals surface area (Å²) in [4.78, 5) is 93.7. The predicted octanol–water partition coefficient (Wildman–Crippen LogP) is 16.8. The lowest BCUT2D eigenvalue weighted by atomic mass is 9.97. The number of ether oxygens (including phenoxy) is 5. The average molecular weight is 1950 g/mol. The molecular formula is C109H117NO32. The van der Waals surface area contributed by atoms with E-state index in [1.54, 1.807) is 36.4 Å². The first kappa shape index (κ1) is 116. The molecule has 33 nitrogen and oxygen atoms in total. The molecule has 12 aromatic carbocycles. The Bertz CT molecular complexity index is 6040. The van der Waals surface area contributed by atoms with Crippen LogP contribution in [0, 0.1) is 20.8 Å². The molecule has 1 saturated heterocycles. The first-order chi connectivity index (χ1) is 67.5. The first-order valence-corrected chi connectivity index (χ1v) is 43.4. The molecule has 1 aliphatic heterocycles. The van der Waals surface area contributed by atoms with Crippen molar-refractivity contribution in [3.05, 3.63) is 330 Å². The molecule has 0 bridgehead atoms. The highest BCUT2D eigenvalue weighted by Crippen LogP contribution is 2.40. The molecule has 0 aliphatic carbocycles. The summed E-state index contributed by atoms with van der Waals surface area (Å²) in [6.07, 6.45) is 13.6. The van der Waals surface area contributed by atoms with Crippen LogP contribution in [0.15, 0.2) is 218 Å². The van der Waals surface area contributed by atoms with Gasteiger partial charge in [0.2, 0.25) is 0 Å². The minimum Gasteiger partial charge on any atom is -0.508 e. The van der Waals surface area contributed by atoms with E-state index in [9.17, 15) is 69.0 Å². The van der Waals surface area contributed by atoms with Crippen LogP contribution in [0.2, 0.25) is 0 Å². The second kappa shape index (κ2) is 58.0. The Kier molecular flexibility index (Phi) is 47.3. The molecule has 750 valence electrons. The van der Waals surface area contributed by atoms with Gasteiger partial charge in [0, 0.05) is 60.1 Å². The molecule has 0 radical (unpaired) electrons. The van der Waals surface area contributed by atoms with Gasteiger partial charge < -0.3 is 121 Å². The van der Waals surface area contributed by atoms with Crippen LogP contribution in [-0.4, -0.2) is 197 Å². The van der Waals surface area contributed by atoms with E-state index in [1.165, 1.54) is 136 Å². The zero-order valence-electron chi connectivity index (χ0n) is 80.1. The number of likely N-dealkylation sites (tertiary alicyclic amines) is 1. The number of aliphatic hydroxyl groups is 5. The Morgan fingerprint density at radius 1 is 0.296 bits per heavy atom. The number of aliphatic hydroxyl groups excluding tert-OH is 5. The molecule has 142 heavy (non-hydrogen) atoms. The molecule has 1 aliphatic rings. The van der Waals surface area contributed by atoms with Gasteiger partial charge in [0.15, 0.2) is 40.5 Å². The third kappa shape index (κ3) is 35.9. The van der Waals surface area contributed by atoms with E-state index >= 15 is 0 Å². The fourth-order valence-electron chi connectivity index (χ4n) is 13.5. The summed E-state index contributed by atoms with van der Waals surface area (Å²) in [5.41, 5.74) is 10.3. The standard InChI is InChI=1S/C24H29NO4.2C18H18O4.2C10H12O4.2C8H8O4.C7H6O.C6H6O3/c1-17-6-8-18(9-7-17)10-11-21(27)23-22(29-2)14-19(16-26)20(24(23)28)15-25-12-4-3-5-13-25;2*1-12-3-5-13(6-4-12)7-8-15(20)18-16(21)9-14(11-19)10-17(18)22-2;2*1-6(12)10-8(13)3-7(5-11)4-9(10)14-2;2*1-4(9)8-6(11)2-5(10)3-7(8)12;8-6-7-4-2-1-3-5-7;7-4-1-5(8)3-6(9)2-4/h6-11,14,26,28H,3-5,12-13,15-16H2,1-2H3;2*3-10,19,21H,11H2,1-2H3;2*3-4,11,13H,5H2,1-2H3;2*2-3,10-12H,1H3;1-6H;1-3,7-9H/b11-10+;2*8-7+;;;;;;. The SMILES string of the molecule is CC(=O)c1c(O)cc(O)cc1O.CC(=O)c1c(O)cc(O)cc1O.COc1cc(CO)c(CN2CCCCC2)c(O)c1C(=O)/C=C/c1ccc(C)cc1.COc1cc(CO)cc(O)c1C(=O)/C=C/c1ccc(C)cc1.COc1cc(CO)cc(O)c1C(=O)/C=C/c1ccc(C)cc1.COc1cc(CO)cc(O)c1C(C)=O.COc1cc(CO)cc(O)c1C(C)=O.O=Cc1ccccc1.Oc1cc(O)cc(O)c1. The number of ketones is 7. The molecule has 12 aromatic rings. The zero-order valence-corrected chi connectivity index (χ0v) is 80.1. The Morgan fingerprint density at radius 2 is 0.556 bits per heavy atom. The van der Waals surface area contributed by atoms with Crippen LogP contribution in [0.5, 0.6) is 109 Å². The van der Waals surface area contributed by atoms with Crippen LogP contribution in [0.1, 0.15) is 197 Å².